The number of carbonyl (C=O) groups is 2. The Morgan fingerprint density at radius 1 is 1.13 bits per heavy atom. The summed E-state index contributed by atoms with van der Waals surface area (Å²) in [5.41, 5.74) is 1.18. The van der Waals surface area contributed by atoms with Crippen molar-refractivity contribution >= 4 is 12.6 Å². The van der Waals surface area contributed by atoms with Crippen LogP contribution in [0.2, 0.25) is 0 Å². The third-order valence-corrected chi connectivity index (χ3v) is 9.39. The molecule has 0 unspecified atom stereocenters. The predicted octanol–water partition coefficient (Wildman–Crippen LogP) is 3.25. The lowest BCUT2D eigenvalue weighted by atomic mass is 9.48. The topological polar surface area (TPSA) is 95.9 Å². The average Bonchev–Trinajstić information content (AvgIpc) is 3.34. The number of carbonyl (C=O) groups excluding carboxylic acids is 2. The van der Waals surface area contributed by atoms with Crippen molar-refractivity contribution in [3.8, 4) is 0 Å². The van der Waals surface area contributed by atoms with Gasteiger partial charge < -0.3 is 14.7 Å². The molecule has 6 heteroatoms. The van der Waals surface area contributed by atoms with Crippen LogP contribution >= 0.6 is 0 Å². The monoisotopic (exact) mass is 421 g/mol. The summed E-state index contributed by atoms with van der Waals surface area (Å²) in [6, 6.07) is 5.68. The number of aldehydes is 2. The molecule has 2 saturated carbocycles. The van der Waals surface area contributed by atoms with Crippen molar-refractivity contribution < 1.29 is 14.7 Å². The van der Waals surface area contributed by atoms with E-state index in [1.165, 1.54) is 0 Å². The van der Waals surface area contributed by atoms with Gasteiger partial charge in [-0.2, -0.15) is 5.10 Å². The molecule has 164 valence electrons. The zero-order valence-corrected chi connectivity index (χ0v) is 18.3. The summed E-state index contributed by atoms with van der Waals surface area (Å²) in [5, 5.41) is 19.1. The van der Waals surface area contributed by atoms with E-state index in [0.29, 0.717) is 18.5 Å². The van der Waals surface area contributed by atoms with Crippen LogP contribution < -0.4 is 0 Å². The van der Waals surface area contributed by atoms with Crippen LogP contribution in [0.4, 0.5) is 0 Å². The molecule has 6 nitrogen and oxygen atoms in total. The summed E-state index contributed by atoms with van der Waals surface area (Å²) < 4.78 is 0. The van der Waals surface area contributed by atoms with Crippen molar-refractivity contribution in [2.24, 2.45) is 34.5 Å². The Hall–Kier alpha value is -2.34. The third-order valence-electron chi connectivity index (χ3n) is 9.39. The van der Waals surface area contributed by atoms with Crippen molar-refractivity contribution in [1.82, 2.24) is 15.2 Å². The molecule has 5 rings (SSSR count). The number of aliphatic hydroxyl groups is 1. The molecular formula is C25H31N3O3. The van der Waals surface area contributed by atoms with Crippen LogP contribution in [0.5, 0.6) is 0 Å². The summed E-state index contributed by atoms with van der Waals surface area (Å²) in [4.78, 5) is 29.2. The minimum absolute atomic E-state index is 0.0747. The van der Waals surface area contributed by atoms with Gasteiger partial charge in [-0.25, -0.2) is 0 Å². The van der Waals surface area contributed by atoms with Gasteiger partial charge in [0.25, 0.3) is 0 Å². The molecule has 0 aromatic carbocycles. The van der Waals surface area contributed by atoms with Gasteiger partial charge in [0.2, 0.25) is 0 Å². The second-order valence-corrected chi connectivity index (χ2v) is 10.5. The van der Waals surface area contributed by atoms with Crippen molar-refractivity contribution in [3.63, 3.8) is 0 Å². The van der Waals surface area contributed by atoms with Gasteiger partial charge in [0.05, 0.1) is 11.9 Å². The van der Waals surface area contributed by atoms with Crippen molar-refractivity contribution in [2.45, 2.75) is 58.0 Å². The summed E-state index contributed by atoms with van der Waals surface area (Å²) in [6.45, 7) is 4.33. The van der Waals surface area contributed by atoms with E-state index in [-0.39, 0.29) is 29.1 Å². The first-order valence-electron chi connectivity index (χ1n) is 11.4. The Labute approximate surface area is 182 Å². The standard InChI is InChI=1S/C25H31N3O3/c1-23(12-16-13-27-28-21(16)11-17(23)14-29)19-6-8-24(2)20(18(19)15-30)7-9-25(24,31)22-5-3-4-10-26-22/h3-5,10,13-15,17-20,31H,6-9,11-12H2,1-2H3,(H,27,28)/t17-,18-,19+,20+,23+,24+,25-/m1/s1. The highest BCUT2D eigenvalue weighted by Crippen LogP contribution is 2.66. The Morgan fingerprint density at radius 2 is 1.94 bits per heavy atom. The first-order valence-corrected chi connectivity index (χ1v) is 11.4. The zero-order valence-electron chi connectivity index (χ0n) is 18.3. The first kappa shape index (κ1) is 20.6. The molecule has 3 aliphatic rings. The van der Waals surface area contributed by atoms with E-state index in [2.05, 4.69) is 29.0 Å². The highest BCUT2D eigenvalue weighted by atomic mass is 16.3. The fourth-order valence-corrected chi connectivity index (χ4v) is 7.47. The van der Waals surface area contributed by atoms with E-state index in [9.17, 15) is 14.7 Å². The molecule has 2 heterocycles. The number of hydrogen-bond donors (Lipinski definition) is 2. The van der Waals surface area contributed by atoms with E-state index >= 15 is 0 Å². The molecule has 2 aromatic heterocycles. The molecule has 7 atom stereocenters. The van der Waals surface area contributed by atoms with Gasteiger partial charge in [0.1, 0.15) is 18.2 Å². The lowest BCUT2D eigenvalue weighted by Crippen LogP contribution is -2.54. The molecule has 2 N–H and O–H groups in total. The molecule has 0 radical (unpaired) electrons. The van der Waals surface area contributed by atoms with E-state index in [4.69, 9.17) is 0 Å². The fraction of sp³-hybridized carbons (Fsp3) is 0.600. The van der Waals surface area contributed by atoms with Crippen LogP contribution in [0.25, 0.3) is 0 Å². The van der Waals surface area contributed by atoms with Gasteiger partial charge in [0.15, 0.2) is 0 Å². The predicted molar refractivity (Wildman–Crippen MR) is 115 cm³/mol. The first-order chi connectivity index (χ1) is 14.9. The van der Waals surface area contributed by atoms with E-state index in [1.54, 1.807) is 6.20 Å². The number of fused-ring (bicyclic) bond motifs is 2. The van der Waals surface area contributed by atoms with Crippen LogP contribution in [0.15, 0.2) is 30.6 Å². The maximum atomic E-state index is 12.6. The van der Waals surface area contributed by atoms with Crippen LogP contribution in [0.1, 0.15) is 56.5 Å². The number of H-pyrrole nitrogens is 1. The Balaban J connectivity index is 1.51. The Morgan fingerprint density at radius 3 is 2.65 bits per heavy atom. The third kappa shape index (κ3) is 2.73. The summed E-state index contributed by atoms with van der Waals surface area (Å²) >= 11 is 0. The molecule has 3 aliphatic carbocycles. The van der Waals surface area contributed by atoms with Crippen LogP contribution in [-0.2, 0) is 28.0 Å². The number of nitrogens with one attached hydrogen (secondary N) is 1. The maximum Gasteiger partial charge on any atom is 0.124 e. The van der Waals surface area contributed by atoms with Gasteiger partial charge >= 0.3 is 0 Å². The quantitative estimate of drug-likeness (QED) is 0.739. The van der Waals surface area contributed by atoms with Gasteiger partial charge in [0, 0.05) is 29.1 Å². The summed E-state index contributed by atoms with van der Waals surface area (Å²) in [5.74, 6) is -0.149. The molecule has 31 heavy (non-hydrogen) atoms. The molecule has 0 spiro atoms. The lowest BCUT2D eigenvalue weighted by molar-refractivity contribution is -0.148. The average molecular weight is 422 g/mol. The zero-order chi connectivity index (χ0) is 21.9. The largest absolute Gasteiger partial charge is 0.383 e. The molecule has 0 saturated heterocycles. The second-order valence-electron chi connectivity index (χ2n) is 10.5. The highest BCUT2D eigenvalue weighted by molar-refractivity contribution is 5.60. The number of rotatable bonds is 4. The summed E-state index contributed by atoms with van der Waals surface area (Å²) in [6.07, 6.45) is 10.2. The minimum atomic E-state index is -1.03. The van der Waals surface area contributed by atoms with Crippen LogP contribution in [-0.4, -0.2) is 32.9 Å². The number of nitrogens with zero attached hydrogens (tertiary/aromatic N) is 2. The van der Waals surface area contributed by atoms with Crippen molar-refractivity contribution in [1.29, 1.82) is 0 Å². The number of aromatic amines is 1. The second kappa shape index (κ2) is 7.09. The van der Waals surface area contributed by atoms with Gasteiger partial charge in [-0.15, -0.1) is 0 Å². The van der Waals surface area contributed by atoms with E-state index in [1.807, 2.05) is 24.4 Å². The molecule has 0 bridgehead atoms. The van der Waals surface area contributed by atoms with Gasteiger partial charge in [-0.3, -0.25) is 10.1 Å². The van der Waals surface area contributed by atoms with Gasteiger partial charge in [-0.05, 0) is 73.5 Å². The Kier molecular flexibility index (Phi) is 4.70. The van der Waals surface area contributed by atoms with Crippen molar-refractivity contribution in [3.05, 3.63) is 47.5 Å². The smallest absolute Gasteiger partial charge is 0.124 e. The SMILES string of the molecule is C[C@]1([C@H]2CC[C@@]3(C)[C@@H](CC[C@@]3(O)c3ccccn3)[C@@H]2C=O)Cc2cn[nH]c2C[C@@H]1C=O. The van der Waals surface area contributed by atoms with Crippen LogP contribution in [0, 0.1) is 34.5 Å². The minimum Gasteiger partial charge on any atom is -0.383 e. The van der Waals surface area contributed by atoms with Crippen molar-refractivity contribution in [2.75, 3.05) is 0 Å². The highest BCUT2D eigenvalue weighted by Gasteiger charge is 2.64. The normalized spacial score (nSPS) is 41.9. The summed E-state index contributed by atoms with van der Waals surface area (Å²) in [7, 11) is 0. The number of pyridine rings is 1. The number of hydrogen-bond acceptors (Lipinski definition) is 5. The van der Waals surface area contributed by atoms with E-state index in [0.717, 1.165) is 49.5 Å². The molecular weight excluding hydrogens is 390 g/mol. The molecule has 0 aliphatic heterocycles. The molecule has 2 aromatic rings. The number of aromatic nitrogens is 3. The van der Waals surface area contributed by atoms with E-state index < -0.39 is 11.0 Å². The maximum absolute atomic E-state index is 12.6. The lowest BCUT2D eigenvalue weighted by Gasteiger charge is -2.55. The van der Waals surface area contributed by atoms with Crippen LogP contribution in [0.3, 0.4) is 0 Å². The van der Waals surface area contributed by atoms with Gasteiger partial charge in [-0.1, -0.05) is 19.9 Å². The molecule has 0 amide bonds. The molecule has 2 fully saturated rings. The fourth-order valence-electron chi connectivity index (χ4n) is 7.47. The Bertz CT molecular complexity index is 991.